The minimum atomic E-state index is -1.18. The molecule has 12 heteroatoms. The van der Waals surface area contributed by atoms with Crippen LogP contribution < -0.4 is 9.47 Å². The van der Waals surface area contributed by atoms with Crippen LogP contribution in [0.4, 0.5) is 4.39 Å². The standard InChI is InChI=1S/C31H27Cl3FN3O5/c1-41-29-21(7-17(13-36-29)30(39)42-2)18-11-31(40,12-18)23-6-5-20(10-24(23)32)43-15-27-22(16-3-4-16)14-37-38(27)28-25(33)8-19(35)9-26(28)34/h5-10,13-14,16,18,40H,3-4,11-12,15H2,1-2H3. The van der Waals surface area contributed by atoms with Gasteiger partial charge in [0.1, 0.15) is 23.9 Å². The Morgan fingerprint density at radius 3 is 2.37 bits per heavy atom. The van der Waals surface area contributed by atoms with Crippen molar-refractivity contribution < 1.29 is 28.5 Å². The lowest BCUT2D eigenvalue weighted by atomic mass is 9.65. The molecule has 2 aliphatic rings. The first kappa shape index (κ1) is 29.7. The van der Waals surface area contributed by atoms with E-state index < -0.39 is 17.4 Å². The summed E-state index contributed by atoms with van der Waals surface area (Å²) in [5.41, 5.74) is 2.58. The number of nitrogens with zero attached hydrogens (tertiary/aromatic N) is 3. The summed E-state index contributed by atoms with van der Waals surface area (Å²) in [6, 6.07) is 9.25. The maximum atomic E-state index is 13.8. The Kier molecular flexibility index (Phi) is 8.02. The minimum Gasteiger partial charge on any atom is -0.487 e. The molecule has 0 amide bonds. The number of methoxy groups -OCH3 is 2. The van der Waals surface area contributed by atoms with E-state index >= 15 is 0 Å². The van der Waals surface area contributed by atoms with Crippen molar-refractivity contribution in [2.24, 2.45) is 0 Å². The van der Waals surface area contributed by atoms with Gasteiger partial charge in [0.15, 0.2) is 0 Å². The molecule has 0 saturated heterocycles. The Labute approximate surface area is 262 Å². The van der Waals surface area contributed by atoms with Crippen LogP contribution in [0.15, 0.2) is 48.8 Å². The van der Waals surface area contributed by atoms with Crippen molar-refractivity contribution in [3.63, 3.8) is 0 Å². The maximum absolute atomic E-state index is 13.8. The first-order valence-electron chi connectivity index (χ1n) is 13.6. The van der Waals surface area contributed by atoms with E-state index in [1.807, 2.05) is 0 Å². The van der Waals surface area contributed by atoms with Crippen LogP contribution in [-0.4, -0.2) is 40.1 Å². The average molecular weight is 647 g/mol. The van der Waals surface area contributed by atoms with E-state index in [-0.39, 0.29) is 22.6 Å². The van der Waals surface area contributed by atoms with Gasteiger partial charge in [-0.05, 0) is 67.9 Å². The van der Waals surface area contributed by atoms with Crippen LogP contribution >= 0.6 is 34.8 Å². The third-order valence-electron chi connectivity index (χ3n) is 8.03. The summed E-state index contributed by atoms with van der Waals surface area (Å²) < 4.78 is 31.8. The number of halogens is 4. The van der Waals surface area contributed by atoms with Crippen LogP contribution in [0.5, 0.6) is 11.6 Å². The van der Waals surface area contributed by atoms with Crippen molar-refractivity contribution >= 4 is 40.8 Å². The van der Waals surface area contributed by atoms with Crippen LogP contribution in [0.3, 0.4) is 0 Å². The van der Waals surface area contributed by atoms with Crippen molar-refractivity contribution in [1.82, 2.24) is 14.8 Å². The summed E-state index contributed by atoms with van der Waals surface area (Å²) in [4.78, 5) is 16.3. The first-order valence-corrected chi connectivity index (χ1v) is 14.7. The van der Waals surface area contributed by atoms with E-state index in [0.29, 0.717) is 52.2 Å². The molecule has 2 aromatic heterocycles. The molecule has 2 heterocycles. The van der Waals surface area contributed by atoms with Crippen LogP contribution in [-0.2, 0) is 16.9 Å². The van der Waals surface area contributed by atoms with E-state index in [9.17, 15) is 14.3 Å². The minimum absolute atomic E-state index is 0.102. The summed E-state index contributed by atoms with van der Waals surface area (Å²) in [6.07, 6.45) is 5.98. The van der Waals surface area contributed by atoms with Gasteiger partial charge in [0.05, 0.1) is 52.3 Å². The van der Waals surface area contributed by atoms with E-state index in [1.54, 1.807) is 35.1 Å². The van der Waals surface area contributed by atoms with Gasteiger partial charge in [0.25, 0.3) is 0 Å². The molecular formula is C31H27Cl3FN3O5. The number of esters is 1. The molecular weight excluding hydrogens is 620 g/mol. The lowest BCUT2D eigenvalue weighted by molar-refractivity contribution is -0.0554. The van der Waals surface area contributed by atoms with Crippen molar-refractivity contribution in [3.05, 3.63) is 97.6 Å². The first-order chi connectivity index (χ1) is 20.6. The second-order valence-electron chi connectivity index (χ2n) is 10.8. The summed E-state index contributed by atoms with van der Waals surface area (Å²) >= 11 is 19.4. The maximum Gasteiger partial charge on any atom is 0.339 e. The van der Waals surface area contributed by atoms with Crippen LogP contribution in [0.1, 0.15) is 70.3 Å². The number of ether oxygens (including phenoxy) is 3. The van der Waals surface area contributed by atoms with Gasteiger partial charge in [0.2, 0.25) is 5.88 Å². The number of aliphatic hydroxyl groups is 1. The highest BCUT2D eigenvalue weighted by Crippen LogP contribution is 2.54. The third kappa shape index (κ3) is 5.67. The van der Waals surface area contributed by atoms with Gasteiger partial charge in [-0.25, -0.2) is 18.9 Å². The number of carbonyl (C=O) groups excluding carboxylic acids is 1. The highest BCUT2D eigenvalue weighted by atomic mass is 35.5. The molecule has 0 unspecified atom stereocenters. The Bertz CT molecular complexity index is 1700. The number of rotatable bonds is 9. The van der Waals surface area contributed by atoms with Crippen molar-refractivity contribution in [3.8, 4) is 17.3 Å². The number of carbonyl (C=O) groups is 1. The molecule has 6 rings (SSSR count). The number of hydrogen-bond donors (Lipinski definition) is 1. The Morgan fingerprint density at radius 1 is 1.02 bits per heavy atom. The molecule has 2 aromatic carbocycles. The second kappa shape index (κ2) is 11.6. The molecule has 1 N–H and O–H groups in total. The van der Waals surface area contributed by atoms with Crippen molar-refractivity contribution in [2.75, 3.05) is 14.2 Å². The molecule has 0 aliphatic heterocycles. The molecule has 224 valence electrons. The lowest BCUT2D eigenvalue weighted by Crippen LogP contribution is -2.40. The SMILES string of the molecule is COC(=O)c1cnc(OC)c(C2CC(O)(c3ccc(OCc4c(C5CC5)cnn4-c4c(Cl)cc(F)cc4Cl)cc3Cl)C2)c1. The fourth-order valence-electron chi connectivity index (χ4n) is 5.67. The molecule has 0 bridgehead atoms. The smallest absolute Gasteiger partial charge is 0.339 e. The average Bonchev–Trinajstić information content (AvgIpc) is 3.73. The van der Waals surface area contributed by atoms with E-state index in [0.717, 1.165) is 29.7 Å². The summed E-state index contributed by atoms with van der Waals surface area (Å²) in [6.45, 7) is 0.140. The molecule has 43 heavy (non-hydrogen) atoms. The number of aromatic nitrogens is 3. The summed E-state index contributed by atoms with van der Waals surface area (Å²) in [7, 11) is 2.81. The molecule has 8 nitrogen and oxygen atoms in total. The number of hydrogen-bond acceptors (Lipinski definition) is 7. The highest BCUT2D eigenvalue weighted by Gasteiger charge is 2.47. The van der Waals surface area contributed by atoms with Crippen LogP contribution in [0, 0.1) is 5.82 Å². The van der Waals surface area contributed by atoms with Crippen LogP contribution in [0.25, 0.3) is 5.69 Å². The van der Waals surface area contributed by atoms with Crippen LogP contribution in [0.2, 0.25) is 15.1 Å². The van der Waals surface area contributed by atoms with Gasteiger partial charge in [-0.2, -0.15) is 5.10 Å². The van der Waals surface area contributed by atoms with Gasteiger partial charge in [-0.15, -0.1) is 0 Å². The molecule has 2 fully saturated rings. The topological polar surface area (TPSA) is 95.7 Å². The molecule has 2 saturated carbocycles. The van der Waals surface area contributed by atoms with E-state index in [2.05, 4.69) is 10.1 Å². The lowest BCUT2D eigenvalue weighted by Gasteiger charge is -2.44. The zero-order chi connectivity index (χ0) is 30.5. The largest absolute Gasteiger partial charge is 0.487 e. The molecule has 0 radical (unpaired) electrons. The fraction of sp³-hybridized carbons (Fsp3) is 0.323. The Morgan fingerprint density at radius 2 is 1.74 bits per heavy atom. The molecule has 2 aliphatic carbocycles. The zero-order valence-electron chi connectivity index (χ0n) is 23.2. The predicted molar refractivity (Wildman–Crippen MR) is 159 cm³/mol. The quantitative estimate of drug-likeness (QED) is 0.190. The van der Waals surface area contributed by atoms with Gasteiger partial charge in [0, 0.05) is 22.9 Å². The summed E-state index contributed by atoms with van der Waals surface area (Å²) in [5.74, 6) is 0.111. The second-order valence-corrected chi connectivity index (χ2v) is 12.1. The molecule has 0 spiro atoms. The van der Waals surface area contributed by atoms with Gasteiger partial charge >= 0.3 is 5.97 Å². The normalized spacial score (nSPS) is 19.6. The Balaban J connectivity index is 1.20. The van der Waals surface area contributed by atoms with Crippen molar-refractivity contribution in [2.45, 2.75) is 49.7 Å². The van der Waals surface area contributed by atoms with E-state index in [4.69, 9.17) is 49.0 Å². The fourth-order valence-corrected chi connectivity index (χ4v) is 6.63. The monoisotopic (exact) mass is 645 g/mol. The van der Waals surface area contributed by atoms with E-state index in [1.165, 1.54) is 32.5 Å². The molecule has 4 aromatic rings. The summed E-state index contributed by atoms with van der Waals surface area (Å²) in [5, 5.41) is 16.6. The zero-order valence-corrected chi connectivity index (χ0v) is 25.5. The Hall–Kier alpha value is -3.37. The van der Waals surface area contributed by atoms with Gasteiger partial charge in [-0.1, -0.05) is 40.9 Å². The van der Waals surface area contributed by atoms with Crippen molar-refractivity contribution in [1.29, 1.82) is 0 Å². The molecule has 0 atom stereocenters. The predicted octanol–water partition coefficient (Wildman–Crippen LogP) is 7.38. The van der Waals surface area contributed by atoms with Gasteiger partial charge in [-0.3, -0.25) is 0 Å². The third-order valence-corrected chi connectivity index (χ3v) is 8.92. The van der Waals surface area contributed by atoms with Gasteiger partial charge < -0.3 is 19.3 Å². The number of benzene rings is 2. The number of pyridine rings is 1. The highest BCUT2D eigenvalue weighted by molar-refractivity contribution is 6.37.